The van der Waals surface area contributed by atoms with Crippen molar-refractivity contribution in [1.82, 2.24) is 25.1 Å². The molecule has 50 heavy (non-hydrogen) atoms. The van der Waals surface area contributed by atoms with Crippen molar-refractivity contribution in [3.05, 3.63) is 136 Å². The van der Waals surface area contributed by atoms with Crippen LogP contribution in [0.2, 0.25) is 0 Å². The number of amides is 2. The van der Waals surface area contributed by atoms with E-state index in [0.29, 0.717) is 34.6 Å². The summed E-state index contributed by atoms with van der Waals surface area (Å²) in [5.41, 5.74) is 3.09. The second kappa shape index (κ2) is 15.0. The predicted octanol–water partition coefficient (Wildman–Crippen LogP) is 5.73. The van der Waals surface area contributed by atoms with Crippen molar-refractivity contribution in [3.63, 3.8) is 0 Å². The molecular weight excluding hydrogens is 665 g/mol. The van der Waals surface area contributed by atoms with Crippen LogP contribution in [0.3, 0.4) is 0 Å². The Hall–Kier alpha value is -6.09. The van der Waals surface area contributed by atoms with Crippen molar-refractivity contribution in [2.24, 2.45) is 5.10 Å². The van der Waals surface area contributed by atoms with Crippen LogP contribution < -0.4 is 14.8 Å². The van der Waals surface area contributed by atoms with Gasteiger partial charge in [-0.15, -0.1) is 10.2 Å². The number of methoxy groups -OCH3 is 2. The number of hydrogen-bond donors (Lipinski definition) is 1. The van der Waals surface area contributed by atoms with Crippen LogP contribution in [0.25, 0.3) is 5.69 Å². The second-order valence-electron chi connectivity index (χ2n) is 11.0. The summed E-state index contributed by atoms with van der Waals surface area (Å²) in [5.74, 6) is 0.459. The Morgan fingerprint density at radius 2 is 1.56 bits per heavy atom. The number of rotatable bonds is 12. The number of carbonyl (C=O) groups excluding carboxylic acids is 2. The first kappa shape index (κ1) is 33.8. The number of nitrogens with one attached hydrogen (secondary N) is 1. The smallest absolute Gasteiger partial charge is 0.269 e. The highest BCUT2D eigenvalue weighted by Gasteiger charge is 2.33. The minimum Gasteiger partial charge on any atom is -0.497 e. The molecule has 0 aliphatic carbocycles. The molecule has 13 nitrogen and oxygen atoms in total. The van der Waals surface area contributed by atoms with Crippen molar-refractivity contribution in [1.29, 1.82) is 0 Å². The number of hydrogen-bond acceptors (Lipinski definition) is 10. The second-order valence-corrected chi connectivity index (χ2v) is 11.9. The summed E-state index contributed by atoms with van der Waals surface area (Å²) in [4.78, 5) is 37.2. The average Bonchev–Trinajstić information content (AvgIpc) is 3.78. The maximum absolute atomic E-state index is 13.9. The quantitative estimate of drug-likeness (QED) is 0.0979. The van der Waals surface area contributed by atoms with Crippen LogP contribution >= 0.6 is 11.8 Å². The molecule has 0 saturated heterocycles. The zero-order valence-corrected chi connectivity index (χ0v) is 27.7. The Bertz CT molecular complexity index is 2040. The van der Waals surface area contributed by atoms with Crippen molar-refractivity contribution in [2.45, 2.75) is 24.2 Å². The zero-order chi connectivity index (χ0) is 35.2. The maximum Gasteiger partial charge on any atom is 0.269 e. The van der Waals surface area contributed by atoms with Gasteiger partial charge in [0.2, 0.25) is 0 Å². The van der Waals surface area contributed by atoms with E-state index >= 15 is 0 Å². The van der Waals surface area contributed by atoms with Gasteiger partial charge in [-0.1, -0.05) is 23.9 Å². The molecule has 1 aliphatic heterocycles. The van der Waals surface area contributed by atoms with Gasteiger partial charge >= 0.3 is 0 Å². The predicted molar refractivity (Wildman–Crippen MR) is 183 cm³/mol. The summed E-state index contributed by atoms with van der Waals surface area (Å²) in [6.45, 7) is -0.0735. The third-order valence-electron chi connectivity index (χ3n) is 7.95. The van der Waals surface area contributed by atoms with Gasteiger partial charge in [-0.05, 0) is 83.9 Å². The summed E-state index contributed by atoms with van der Waals surface area (Å²) in [6, 6.07) is 25.4. The lowest BCUT2D eigenvalue weighted by atomic mass is 9.98. The van der Waals surface area contributed by atoms with Crippen molar-refractivity contribution < 1.29 is 28.4 Å². The third-order valence-corrected chi connectivity index (χ3v) is 8.86. The molecule has 2 amide bonds. The molecule has 2 heterocycles. The first-order chi connectivity index (χ1) is 24.2. The molecule has 5 aromatic rings. The summed E-state index contributed by atoms with van der Waals surface area (Å²) < 4.78 is 26.1. The van der Waals surface area contributed by atoms with E-state index in [4.69, 9.17) is 14.6 Å². The van der Waals surface area contributed by atoms with Gasteiger partial charge in [0.25, 0.3) is 17.5 Å². The Balaban J connectivity index is 1.23. The third kappa shape index (κ3) is 7.47. The standard InChI is InChI=1S/C35H30FN7O6S/c1-48-28-15-5-22(6-16-28)30-19-31(23-7-17-29(49-2)18-8-23)42(40-30)33(44)21-50-35-39-38-32(41(35)26-13-9-25(36)10-14-26)20-37-34(45)24-3-11-27(12-4-24)43(46)47/h3-18,31H,19-21H2,1-2H3,(H,37,45). The van der Waals surface area contributed by atoms with Gasteiger partial charge in [0.1, 0.15) is 17.3 Å². The lowest BCUT2D eigenvalue weighted by molar-refractivity contribution is -0.384. The van der Waals surface area contributed by atoms with Gasteiger partial charge < -0.3 is 14.8 Å². The van der Waals surface area contributed by atoms with Crippen LogP contribution in [0.15, 0.2) is 107 Å². The number of ether oxygens (including phenoxy) is 2. The topological polar surface area (TPSA) is 154 Å². The number of hydrazone groups is 1. The molecule has 1 aromatic heterocycles. The first-order valence-corrected chi connectivity index (χ1v) is 16.3. The van der Waals surface area contributed by atoms with Gasteiger partial charge in [0, 0.05) is 29.8 Å². The zero-order valence-electron chi connectivity index (χ0n) is 26.9. The Labute approximate surface area is 289 Å². The number of benzene rings is 4. The van der Waals surface area contributed by atoms with E-state index in [1.807, 2.05) is 48.5 Å². The van der Waals surface area contributed by atoms with Gasteiger partial charge in [-0.2, -0.15) is 5.10 Å². The number of non-ortho nitro benzene ring substituents is 1. The fourth-order valence-electron chi connectivity index (χ4n) is 5.33. The highest BCUT2D eigenvalue weighted by atomic mass is 32.2. The molecule has 1 unspecified atom stereocenters. The SMILES string of the molecule is COc1ccc(C2=NN(C(=O)CSc3nnc(CNC(=O)c4ccc([N+](=O)[O-])cc4)n3-c3ccc(F)cc3)C(c3ccc(OC)cc3)C2)cc1. The Morgan fingerprint density at radius 3 is 2.18 bits per heavy atom. The number of nitrogens with zero attached hydrogens (tertiary/aromatic N) is 6. The fourth-order valence-corrected chi connectivity index (χ4v) is 6.15. The molecule has 15 heteroatoms. The number of nitro benzene ring substituents is 1. The van der Waals surface area contributed by atoms with Crippen LogP contribution in [0.4, 0.5) is 10.1 Å². The van der Waals surface area contributed by atoms with Crippen LogP contribution in [0.5, 0.6) is 11.5 Å². The van der Waals surface area contributed by atoms with Gasteiger partial charge in [-0.25, -0.2) is 9.40 Å². The maximum atomic E-state index is 13.9. The first-order valence-electron chi connectivity index (χ1n) is 15.3. The number of thioether (sulfide) groups is 1. The van der Waals surface area contributed by atoms with E-state index in [1.54, 1.807) is 18.8 Å². The molecular formula is C35H30FN7O6S. The molecule has 0 saturated carbocycles. The lowest BCUT2D eigenvalue weighted by Crippen LogP contribution is -2.28. The molecule has 0 fully saturated rings. The fraction of sp³-hybridized carbons (Fsp3) is 0.171. The molecule has 254 valence electrons. The van der Waals surface area contributed by atoms with Gasteiger partial charge in [-0.3, -0.25) is 24.3 Å². The molecule has 1 atom stereocenters. The molecule has 1 aliphatic rings. The van der Waals surface area contributed by atoms with E-state index in [9.17, 15) is 24.1 Å². The molecule has 0 spiro atoms. The van der Waals surface area contributed by atoms with Crippen LogP contribution in [0, 0.1) is 15.9 Å². The van der Waals surface area contributed by atoms with E-state index in [0.717, 1.165) is 28.6 Å². The summed E-state index contributed by atoms with van der Waals surface area (Å²) in [7, 11) is 3.18. The highest BCUT2D eigenvalue weighted by molar-refractivity contribution is 7.99. The number of carbonyl (C=O) groups is 2. The van der Waals surface area contributed by atoms with E-state index in [-0.39, 0.29) is 35.5 Å². The van der Waals surface area contributed by atoms with Crippen LogP contribution in [-0.4, -0.2) is 62.2 Å². The Kier molecular flexibility index (Phi) is 10.1. The average molecular weight is 696 g/mol. The van der Waals surface area contributed by atoms with Crippen LogP contribution in [0.1, 0.15) is 39.8 Å². The van der Waals surface area contributed by atoms with E-state index < -0.39 is 16.6 Å². The van der Waals surface area contributed by atoms with Crippen molar-refractivity contribution in [2.75, 3.05) is 20.0 Å². The lowest BCUT2D eigenvalue weighted by Gasteiger charge is -2.22. The molecule has 0 radical (unpaired) electrons. The highest BCUT2D eigenvalue weighted by Crippen LogP contribution is 2.35. The normalized spacial score (nSPS) is 13.9. The molecule has 6 rings (SSSR count). The van der Waals surface area contributed by atoms with E-state index in [2.05, 4.69) is 15.5 Å². The Morgan fingerprint density at radius 1 is 0.920 bits per heavy atom. The molecule has 0 bridgehead atoms. The molecule has 4 aromatic carbocycles. The van der Waals surface area contributed by atoms with Crippen molar-refractivity contribution in [3.8, 4) is 17.2 Å². The molecule has 1 N–H and O–H groups in total. The van der Waals surface area contributed by atoms with Crippen LogP contribution in [-0.2, 0) is 11.3 Å². The van der Waals surface area contributed by atoms with Gasteiger partial charge in [0.05, 0.1) is 43.2 Å². The van der Waals surface area contributed by atoms with E-state index in [1.165, 1.54) is 53.5 Å². The monoisotopic (exact) mass is 695 g/mol. The van der Waals surface area contributed by atoms with Crippen molar-refractivity contribution >= 4 is 35.0 Å². The number of halogens is 1. The summed E-state index contributed by atoms with van der Waals surface area (Å²) >= 11 is 1.12. The van der Waals surface area contributed by atoms with Gasteiger partial charge in [0.15, 0.2) is 11.0 Å². The number of aromatic nitrogens is 3. The summed E-state index contributed by atoms with van der Waals surface area (Å²) in [5, 5.41) is 28.9. The minimum absolute atomic E-state index is 0.0550. The summed E-state index contributed by atoms with van der Waals surface area (Å²) in [6.07, 6.45) is 0.486. The minimum atomic E-state index is -0.550. The number of nitro groups is 1. The largest absolute Gasteiger partial charge is 0.497 e.